The number of alkyl halides is 1. The Morgan fingerprint density at radius 1 is 1.14 bits per heavy atom. The van der Waals surface area contributed by atoms with E-state index >= 15 is 0 Å². The topological polar surface area (TPSA) is 75.7 Å². The van der Waals surface area contributed by atoms with E-state index in [1.165, 1.54) is 0 Å². The van der Waals surface area contributed by atoms with Crippen LogP contribution in [0.3, 0.4) is 0 Å². The van der Waals surface area contributed by atoms with E-state index in [1.54, 1.807) is 29.2 Å². The SMILES string of the molecule is O=C(NC(C(=O)N1C[C@H](Cl)C2OCC(=O)[C@H]21)C1CCCCC1)c1ccccc1. The molecule has 4 atom stereocenters. The van der Waals surface area contributed by atoms with Crippen LogP contribution in [0.1, 0.15) is 42.5 Å². The summed E-state index contributed by atoms with van der Waals surface area (Å²) in [6, 6.07) is 7.61. The van der Waals surface area contributed by atoms with E-state index in [0.29, 0.717) is 5.56 Å². The van der Waals surface area contributed by atoms with Crippen molar-refractivity contribution in [3.63, 3.8) is 0 Å². The molecular formula is C21H25ClN2O4. The molecule has 150 valence electrons. The number of hydrogen-bond donors (Lipinski definition) is 1. The summed E-state index contributed by atoms with van der Waals surface area (Å²) in [6.45, 7) is 0.263. The number of likely N-dealkylation sites (tertiary alicyclic amines) is 1. The maximum Gasteiger partial charge on any atom is 0.251 e. The fraction of sp³-hybridized carbons (Fsp3) is 0.571. The number of Topliss-reactive ketones (excluding diaryl/α,β-unsaturated/α-hetero) is 1. The third-order valence-electron chi connectivity index (χ3n) is 6.12. The van der Waals surface area contributed by atoms with E-state index < -0.39 is 23.6 Å². The highest BCUT2D eigenvalue weighted by Gasteiger charge is 2.53. The van der Waals surface area contributed by atoms with Crippen LogP contribution < -0.4 is 5.32 Å². The van der Waals surface area contributed by atoms with Crippen LogP contribution in [0.2, 0.25) is 0 Å². The van der Waals surface area contributed by atoms with Crippen molar-refractivity contribution in [2.45, 2.75) is 55.7 Å². The molecule has 7 heteroatoms. The molecule has 4 rings (SSSR count). The van der Waals surface area contributed by atoms with Crippen molar-refractivity contribution in [2.75, 3.05) is 13.2 Å². The smallest absolute Gasteiger partial charge is 0.251 e. The zero-order valence-corrected chi connectivity index (χ0v) is 16.4. The van der Waals surface area contributed by atoms with Crippen LogP contribution in [-0.4, -0.2) is 59.2 Å². The van der Waals surface area contributed by atoms with Gasteiger partial charge < -0.3 is 15.0 Å². The van der Waals surface area contributed by atoms with Crippen LogP contribution in [0.15, 0.2) is 30.3 Å². The van der Waals surface area contributed by atoms with Crippen molar-refractivity contribution < 1.29 is 19.1 Å². The van der Waals surface area contributed by atoms with E-state index in [1.807, 2.05) is 6.07 Å². The van der Waals surface area contributed by atoms with Crippen molar-refractivity contribution in [1.29, 1.82) is 0 Å². The lowest BCUT2D eigenvalue weighted by atomic mass is 9.83. The van der Waals surface area contributed by atoms with Crippen LogP contribution in [0.25, 0.3) is 0 Å². The second kappa shape index (κ2) is 8.21. The van der Waals surface area contributed by atoms with Crippen LogP contribution in [-0.2, 0) is 14.3 Å². The maximum atomic E-state index is 13.5. The Bertz CT molecular complexity index is 750. The van der Waals surface area contributed by atoms with E-state index in [4.69, 9.17) is 16.3 Å². The first-order chi connectivity index (χ1) is 13.6. The summed E-state index contributed by atoms with van der Waals surface area (Å²) in [7, 11) is 0. The molecule has 28 heavy (non-hydrogen) atoms. The first-order valence-corrected chi connectivity index (χ1v) is 10.4. The zero-order chi connectivity index (χ0) is 19.7. The number of fused-ring (bicyclic) bond motifs is 1. The van der Waals surface area contributed by atoms with E-state index in [9.17, 15) is 14.4 Å². The van der Waals surface area contributed by atoms with Crippen LogP contribution >= 0.6 is 11.6 Å². The highest BCUT2D eigenvalue weighted by molar-refractivity contribution is 6.22. The highest BCUT2D eigenvalue weighted by atomic mass is 35.5. The number of carbonyl (C=O) groups excluding carboxylic acids is 3. The Morgan fingerprint density at radius 3 is 2.57 bits per heavy atom. The fourth-order valence-electron chi connectivity index (χ4n) is 4.67. The number of ether oxygens (including phenoxy) is 1. The molecule has 0 bridgehead atoms. The number of nitrogens with one attached hydrogen (secondary N) is 1. The third-order valence-corrected chi connectivity index (χ3v) is 6.50. The third kappa shape index (κ3) is 3.67. The summed E-state index contributed by atoms with van der Waals surface area (Å²) in [5.74, 6) is -0.526. The van der Waals surface area contributed by atoms with Gasteiger partial charge in [0.25, 0.3) is 5.91 Å². The molecule has 0 aromatic heterocycles. The van der Waals surface area contributed by atoms with Gasteiger partial charge in [-0.1, -0.05) is 37.5 Å². The molecule has 6 nitrogen and oxygen atoms in total. The van der Waals surface area contributed by atoms with Gasteiger partial charge in [0.15, 0.2) is 5.78 Å². The van der Waals surface area contributed by atoms with Crippen LogP contribution in [0.4, 0.5) is 0 Å². The van der Waals surface area contributed by atoms with Gasteiger partial charge in [-0.3, -0.25) is 14.4 Å². The largest absolute Gasteiger partial charge is 0.366 e. The maximum absolute atomic E-state index is 13.5. The van der Waals surface area contributed by atoms with Crippen LogP contribution in [0.5, 0.6) is 0 Å². The number of carbonyl (C=O) groups is 3. The van der Waals surface area contributed by atoms with Gasteiger partial charge in [0.1, 0.15) is 24.8 Å². The summed E-state index contributed by atoms with van der Waals surface area (Å²) in [4.78, 5) is 40.1. The van der Waals surface area contributed by atoms with Gasteiger partial charge in [-0.05, 0) is 30.9 Å². The monoisotopic (exact) mass is 404 g/mol. The predicted molar refractivity (Wildman–Crippen MR) is 104 cm³/mol. The van der Waals surface area contributed by atoms with Crippen molar-refractivity contribution in [1.82, 2.24) is 10.2 Å². The van der Waals surface area contributed by atoms with E-state index in [-0.39, 0.29) is 36.7 Å². The molecule has 0 spiro atoms. The average Bonchev–Trinajstić information content (AvgIpc) is 3.27. The molecule has 3 fully saturated rings. The van der Waals surface area contributed by atoms with Crippen molar-refractivity contribution >= 4 is 29.2 Å². The molecule has 0 radical (unpaired) electrons. The van der Waals surface area contributed by atoms with E-state index in [2.05, 4.69) is 5.32 Å². The number of amides is 2. The predicted octanol–water partition coefficient (Wildman–Crippen LogP) is 2.15. The molecule has 2 heterocycles. The highest BCUT2D eigenvalue weighted by Crippen LogP contribution is 2.34. The quantitative estimate of drug-likeness (QED) is 0.780. The molecule has 2 saturated heterocycles. The Morgan fingerprint density at radius 2 is 1.86 bits per heavy atom. The number of nitrogens with zero attached hydrogens (tertiary/aromatic N) is 1. The van der Waals surface area contributed by atoms with Gasteiger partial charge in [-0.2, -0.15) is 0 Å². The molecule has 1 saturated carbocycles. The summed E-state index contributed by atoms with van der Waals surface area (Å²) in [5.41, 5.74) is 0.519. The Balaban J connectivity index is 1.57. The number of benzene rings is 1. The minimum Gasteiger partial charge on any atom is -0.366 e. The Hall–Kier alpha value is -1.92. The molecule has 2 unspecified atom stereocenters. The standard InChI is InChI=1S/C21H25ClN2O4/c22-15-11-24(18-16(25)12-28-19(15)18)21(27)17(13-7-3-1-4-8-13)23-20(26)14-9-5-2-6-10-14/h2,5-6,9-10,13,15,17-19H,1,3-4,7-8,11-12H2,(H,23,26)/t15-,17?,18+,19?/m0/s1. The second-order valence-corrected chi connectivity index (χ2v) is 8.47. The molecule has 1 aliphatic carbocycles. The molecule has 2 aliphatic heterocycles. The second-order valence-electron chi connectivity index (χ2n) is 7.91. The van der Waals surface area contributed by atoms with Crippen molar-refractivity contribution in [3.05, 3.63) is 35.9 Å². The lowest BCUT2D eigenvalue weighted by Crippen LogP contribution is -2.55. The van der Waals surface area contributed by atoms with Gasteiger partial charge in [-0.15, -0.1) is 11.6 Å². The Kier molecular flexibility index (Phi) is 5.69. The zero-order valence-electron chi connectivity index (χ0n) is 15.7. The van der Waals surface area contributed by atoms with Crippen LogP contribution in [0, 0.1) is 5.92 Å². The molecule has 1 aromatic carbocycles. The molecule has 1 aromatic rings. The molecular weight excluding hydrogens is 380 g/mol. The molecule has 1 N–H and O–H groups in total. The van der Waals surface area contributed by atoms with Gasteiger partial charge >= 0.3 is 0 Å². The Labute approximate surface area is 169 Å². The van der Waals surface area contributed by atoms with E-state index in [0.717, 1.165) is 32.1 Å². The molecule has 3 aliphatic rings. The first kappa shape index (κ1) is 19.4. The van der Waals surface area contributed by atoms with Crippen molar-refractivity contribution in [2.24, 2.45) is 5.92 Å². The number of rotatable bonds is 4. The summed E-state index contributed by atoms with van der Waals surface area (Å²) in [5, 5.41) is 2.56. The number of halogens is 1. The average molecular weight is 405 g/mol. The molecule has 2 amide bonds. The number of ketones is 1. The normalized spacial score (nSPS) is 28.8. The van der Waals surface area contributed by atoms with Crippen molar-refractivity contribution in [3.8, 4) is 0 Å². The summed E-state index contributed by atoms with van der Waals surface area (Å²) < 4.78 is 5.49. The van der Waals surface area contributed by atoms with Gasteiger partial charge in [0.05, 0.1) is 5.38 Å². The minimum atomic E-state index is -0.649. The van der Waals surface area contributed by atoms with Gasteiger partial charge in [0.2, 0.25) is 5.91 Å². The summed E-state index contributed by atoms with van der Waals surface area (Å²) >= 11 is 6.35. The lowest BCUT2D eigenvalue weighted by molar-refractivity contribution is -0.139. The number of hydrogen-bond acceptors (Lipinski definition) is 4. The minimum absolute atomic E-state index is 0.00714. The first-order valence-electron chi connectivity index (χ1n) is 10.0. The summed E-state index contributed by atoms with van der Waals surface area (Å²) in [6.07, 6.45) is 4.57. The lowest BCUT2D eigenvalue weighted by Gasteiger charge is -2.34. The van der Waals surface area contributed by atoms with Gasteiger partial charge in [0, 0.05) is 12.1 Å². The fourth-order valence-corrected chi connectivity index (χ4v) is 5.02. The van der Waals surface area contributed by atoms with Gasteiger partial charge in [-0.25, -0.2) is 0 Å².